The van der Waals surface area contributed by atoms with Crippen LogP contribution in [-0.2, 0) is 33.2 Å². The van der Waals surface area contributed by atoms with Gasteiger partial charge < -0.3 is 89.9 Å². The zero-order chi connectivity index (χ0) is 49.8. The van der Waals surface area contributed by atoms with E-state index in [-0.39, 0.29) is 18.9 Å². The summed E-state index contributed by atoms with van der Waals surface area (Å²) in [4.78, 5) is 12.4. The Morgan fingerprint density at radius 3 is 1.41 bits per heavy atom. The molecule has 398 valence electrons. The van der Waals surface area contributed by atoms with E-state index in [1.54, 1.807) is 19.1 Å². The van der Waals surface area contributed by atoms with Crippen molar-refractivity contribution in [2.45, 2.75) is 253 Å². The van der Waals surface area contributed by atoms with E-state index in [1.165, 1.54) is 103 Å². The highest BCUT2D eigenvalue weighted by atomic mass is 16.8. The van der Waals surface area contributed by atoms with E-state index in [2.05, 4.69) is 24.4 Å². The van der Waals surface area contributed by atoms with Crippen LogP contribution in [-0.4, -0.2) is 193 Å². The Morgan fingerprint density at radius 2 is 0.926 bits per heavy atom. The SMILES string of the molecule is CCCCCCCCCCCCCCCCCCC/C=C/CC/C=C/C(O)C(COC1OC(CO)C(OC2OC(CO)C(OC3OC(CO)C(O)C(O)C3O)C(O)C2O)C(O)C1O)NC(=O)CC. The fraction of sp³-hybridized carbons (Fsp3) is 0.898. The van der Waals surface area contributed by atoms with Crippen molar-refractivity contribution in [2.24, 2.45) is 0 Å². The third-order valence-electron chi connectivity index (χ3n) is 13.1. The van der Waals surface area contributed by atoms with Gasteiger partial charge in [0.05, 0.1) is 38.6 Å². The Kier molecular flexibility index (Phi) is 30.8. The number of carbonyl (C=O) groups excluding carboxylic acids is 1. The topological polar surface area (TPSA) is 307 Å². The van der Waals surface area contributed by atoms with Gasteiger partial charge in [-0.05, 0) is 25.7 Å². The summed E-state index contributed by atoms with van der Waals surface area (Å²) in [7, 11) is 0. The first-order chi connectivity index (χ1) is 32.8. The van der Waals surface area contributed by atoms with Crippen LogP contribution in [0.5, 0.6) is 0 Å². The van der Waals surface area contributed by atoms with Gasteiger partial charge in [0.25, 0.3) is 0 Å². The van der Waals surface area contributed by atoms with Gasteiger partial charge in [0, 0.05) is 6.42 Å². The predicted molar refractivity (Wildman–Crippen MR) is 250 cm³/mol. The van der Waals surface area contributed by atoms with Crippen LogP contribution < -0.4 is 5.32 Å². The normalized spacial score (nSPS) is 33.3. The number of hydrogen-bond acceptors (Lipinski definition) is 18. The second-order valence-electron chi connectivity index (χ2n) is 18.6. The largest absolute Gasteiger partial charge is 0.394 e. The number of amides is 1. The molecule has 0 aliphatic carbocycles. The summed E-state index contributed by atoms with van der Waals surface area (Å²) in [6, 6.07) is -0.982. The number of nitrogens with one attached hydrogen (secondary N) is 1. The standard InChI is InChI=1S/C49H89NO18/c1-3-5-6-7-8-9-10-11-12-13-14-15-16-17-18-19-20-21-22-23-24-25-26-27-33(54)32(50-37(55)4-2)31-63-47-43(61)40(58)45(35(29-52)65-47)68-49-44(62)41(59)46(36(30-53)66-49)67-48-42(60)39(57)38(56)34(28-51)64-48/h22-23,26-27,32-36,38-49,51-54,56-62H,3-21,24-25,28-31H2,1-2H3,(H,50,55)/b23-22+,27-26+. The van der Waals surface area contributed by atoms with Gasteiger partial charge >= 0.3 is 0 Å². The molecule has 1 amide bonds. The van der Waals surface area contributed by atoms with Crippen molar-refractivity contribution in [3.63, 3.8) is 0 Å². The van der Waals surface area contributed by atoms with Crippen LogP contribution in [0.1, 0.15) is 149 Å². The number of allylic oxidation sites excluding steroid dienone is 3. The maximum Gasteiger partial charge on any atom is 0.220 e. The fourth-order valence-corrected chi connectivity index (χ4v) is 8.70. The molecule has 0 spiro atoms. The minimum Gasteiger partial charge on any atom is -0.394 e. The van der Waals surface area contributed by atoms with Crippen LogP contribution in [0.25, 0.3) is 0 Å². The number of carbonyl (C=O) groups is 1. The van der Waals surface area contributed by atoms with Gasteiger partial charge in [0.2, 0.25) is 5.91 Å². The van der Waals surface area contributed by atoms with Crippen LogP contribution in [0.3, 0.4) is 0 Å². The molecule has 3 saturated heterocycles. The molecule has 0 bridgehead atoms. The third kappa shape index (κ3) is 20.4. The molecule has 17 atom stereocenters. The third-order valence-corrected chi connectivity index (χ3v) is 13.1. The first-order valence-electron chi connectivity index (χ1n) is 25.6. The first kappa shape index (κ1) is 60.6. The van der Waals surface area contributed by atoms with Crippen molar-refractivity contribution in [3.8, 4) is 0 Å². The van der Waals surface area contributed by atoms with Gasteiger partial charge in [-0.1, -0.05) is 141 Å². The van der Waals surface area contributed by atoms with E-state index >= 15 is 0 Å². The minimum absolute atomic E-state index is 0.117. The van der Waals surface area contributed by atoms with Crippen LogP contribution >= 0.6 is 0 Å². The highest BCUT2D eigenvalue weighted by Crippen LogP contribution is 2.33. The summed E-state index contributed by atoms with van der Waals surface area (Å²) in [5, 5.41) is 118. The molecule has 3 aliphatic rings. The van der Waals surface area contributed by atoms with Crippen LogP contribution in [0.2, 0.25) is 0 Å². The molecule has 68 heavy (non-hydrogen) atoms. The lowest BCUT2D eigenvalue weighted by atomic mass is 9.96. The number of ether oxygens (including phenoxy) is 6. The molecular weight excluding hydrogens is 891 g/mol. The Labute approximate surface area is 403 Å². The Morgan fingerprint density at radius 1 is 0.515 bits per heavy atom. The number of unbranched alkanes of at least 4 members (excludes halogenated alkanes) is 18. The fourth-order valence-electron chi connectivity index (χ4n) is 8.70. The Bertz CT molecular complexity index is 1360. The zero-order valence-electron chi connectivity index (χ0n) is 40.6. The van der Waals surface area contributed by atoms with Crippen molar-refractivity contribution >= 4 is 5.91 Å². The van der Waals surface area contributed by atoms with Crippen LogP contribution in [0.4, 0.5) is 0 Å². The summed E-state index contributed by atoms with van der Waals surface area (Å²) in [5.41, 5.74) is 0. The summed E-state index contributed by atoms with van der Waals surface area (Å²) >= 11 is 0. The Hall–Kier alpha value is -1.73. The zero-order valence-corrected chi connectivity index (χ0v) is 40.6. The van der Waals surface area contributed by atoms with Crippen LogP contribution in [0, 0.1) is 0 Å². The molecule has 0 saturated carbocycles. The van der Waals surface area contributed by atoms with Gasteiger partial charge in [-0.25, -0.2) is 0 Å². The smallest absolute Gasteiger partial charge is 0.220 e. The second kappa shape index (κ2) is 34.6. The molecule has 17 unspecified atom stereocenters. The summed E-state index contributed by atoms with van der Waals surface area (Å²) in [6.45, 7) is 1.10. The molecule has 3 aliphatic heterocycles. The predicted octanol–water partition coefficient (Wildman–Crippen LogP) is 1.64. The first-order valence-corrected chi connectivity index (χ1v) is 25.6. The van der Waals surface area contributed by atoms with E-state index in [9.17, 15) is 61.0 Å². The molecule has 3 rings (SSSR count). The van der Waals surface area contributed by atoms with Crippen molar-refractivity contribution in [3.05, 3.63) is 24.3 Å². The molecule has 19 heteroatoms. The molecule has 0 aromatic rings. The van der Waals surface area contributed by atoms with E-state index in [0.29, 0.717) is 6.42 Å². The highest BCUT2D eigenvalue weighted by molar-refractivity contribution is 5.75. The van der Waals surface area contributed by atoms with Gasteiger partial charge in [0.1, 0.15) is 73.2 Å². The summed E-state index contributed by atoms with van der Waals surface area (Å²) < 4.78 is 33.7. The molecule has 3 heterocycles. The molecule has 19 nitrogen and oxygen atoms in total. The molecule has 0 aromatic carbocycles. The van der Waals surface area contributed by atoms with Crippen molar-refractivity contribution < 1.29 is 89.4 Å². The van der Waals surface area contributed by atoms with Crippen molar-refractivity contribution in [1.82, 2.24) is 5.32 Å². The summed E-state index contributed by atoms with van der Waals surface area (Å²) in [5.74, 6) is -0.375. The van der Waals surface area contributed by atoms with Crippen molar-refractivity contribution in [2.75, 3.05) is 26.4 Å². The molecule has 0 aromatic heterocycles. The van der Waals surface area contributed by atoms with Crippen LogP contribution in [0.15, 0.2) is 24.3 Å². The maximum atomic E-state index is 12.4. The van der Waals surface area contributed by atoms with E-state index < -0.39 is 124 Å². The molecule has 3 fully saturated rings. The maximum absolute atomic E-state index is 12.4. The number of aliphatic hydroxyl groups is 11. The van der Waals surface area contributed by atoms with Crippen molar-refractivity contribution in [1.29, 1.82) is 0 Å². The number of aliphatic hydroxyl groups excluding tert-OH is 11. The van der Waals surface area contributed by atoms with Gasteiger partial charge in [-0.2, -0.15) is 0 Å². The second-order valence-corrected chi connectivity index (χ2v) is 18.6. The minimum atomic E-state index is -1.97. The number of hydrogen-bond donors (Lipinski definition) is 12. The molecular formula is C49H89NO18. The lowest BCUT2D eigenvalue weighted by Gasteiger charge is -2.48. The van der Waals surface area contributed by atoms with Gasteiger partial charge in [-0.3, -0.25) is 4.79 Å². The average molecular weight is 980 g/mol. The highest BCUT2D eigenvalue weighted by Gasteiger charge is 2.53. The lowest BCUT2D eigenvalue weighted by Crippen LogP contribution is -2.66. The quantitative estimate of drug-likeness (QED) is 0.0317. The lowest BCUT2D eigenvalue weighted by molar-refractivity contribution is -0.379. The summed E-state index contributed by atoms with van der Waals surface area (Å²) in [6.07, 6.45) is 6.25. The molecule has 12 N–H and O–H groups in total. The monoisotopic (exact) mass is 980 g/mol. The van der Waals surface area contributed by atoms with E-state index in [0.717, 1.165) is 19.3 Å². The Balaban J connectivity index is 1.38. The van der Waals surface area contributed by atoms with Gasteiger partial charge in [-0.15, -0.1) is 0 Å². The number of rotatable bonds is 35. The van der Waals surface area contributed by atoms with E-state index in [1.807, 2.05) is 0 Å². The van der Waals surface area contributed by atoms with E-state index in [4.69, 9.17) is 28.4 Å². The molecule has 0 radical (unpaired) electrons. The average Bonchev–Trinajstić information content (AvgIpc) is 3.34. The van der Waals surface area contributed by atoms with Gasteiger partial charge in [0.15, 0.2) is 18.9 Å².